The standard InChI is InChI=1S/C22H22ClN3O5S/c1-15-4-5-16(32(28,29)26-9-11-30-12-10-26)13-19(15)25-21(27)14-31-20-7-6-18(23)17-3-2-8-24-22(17)20/h2-8,13H,9-12,14H2,1H3,(H,25,27). The fourth-order valence-electron chi connectivity index (χ4n) is 3.39. The second-order valence-corrected chi connectivity index (χ2v) is 9.62. The van der Waals surface area contributed by atoms with Gasteiger partial charge in [0.15, 0.2) is 6.61 Å². The summed E-state index contributed by atoms with van der Waals surface area (Å²) in [5, 5.41) is 4.00. The van der Waals surface area contributed by atoms with Crippen molar-refractivity contribution in [2.24, 2.45) is 0 Å². The van der Waals surface area contributed by atoms with Crippen LogP contribution in [0.15, 0.2) is 53.6 Å². The zero-order valence-corrected chi connectivity index (χ0v) is 18.9. The molecule has 0 atom stereocenters. The van der Waals surface area contributed by atoms with Crippen LogP contribution in [0.25, 0.3) is 10.9 Å². The maximum atomic E-state index is 12.9. The number of anilines is 1. The number of aryl methyl sites for hydroxylation is 1. The first kappa shape index (κ1) is 22.5. The summed E-state index contributed by atoms with van der Waals surface area (Å²) in [6, 6.07) is 11.6. The maximum absolute atomic E-state index is 12.9. The van der Waals surface area contributed by atoms with Gasteiger partial charge in [0.1, 0.15) is 11.3 Å². The molecule has 3 aromatic rings. The van der Waals surface area contributed by atoms with Gasteiger partial charge in [0.05, 0.1) is 23.1 Å². The lowest BCUT2D eigenvalue weighted by molar-refractivity contribution is -0.118. The third-order valence-corrected chi connectivity index (χ3v) is 7.35. The number of halogens is 1. The average Bonchev–Trinajstić information content (AvgIpc) is 2.81. The summed E-state index contributed by atoms with van der Waals surface area (Å²) in [7, 11) is -3.67. The van der Waals surface area contributed by atoms with Crippen molar-refractivity contribution in [3.05, 3.63) is 59.2 Å². The van der Waals surface area contributed by atoms with Crippen molar-refractivity contribution in [3.63, 3.8) is 0 Å². The number of amides is 1. The number of morpholine rings is 1. The maximum Gasteiger partial charge on any atom is 0.262 e. The fourth-order valence-corrected chi connectivity index (χ4v) is 5.04. The summed E-state index contributed by atoms with van der Waals surface area (Å²) in [6.45, 7) is 2.84. The molecular weight excluding hydrogens is 454 g/mol. The van der Waals surface area contributed by atoms with E-state index in [0.717, 1.165) is 10.9 Å². The van der Waals surface area contributed by atoms with Crippen molar-refractivity contribution in [2.75, 3.05) is 38.2 Å². The molecule has 1 aliphatic heterocycles. The van der Waals surface area contributed by atoms with Gasteiger partial charge >= 0.3 is 0 Å². The zero-order chi connectivity index (χ0) is 22.7. The Kier molecular flexibility index (Phi) is 6.61. The number of hydrogen-bond acceptors (Lipinski definition) is 6. The van der Waals surface area contributed by atoms with E-state index in [4.69, 9.17) is 21.1 Å². The predicted molar refractivity (Wildman–Crippen MR) is 122 cm³/mol. The molecule has 0 radical (unpaired) electrons. The molecule has 0 spiro atoms. The molecule has 0 saturated carbocycles. The summed E-state index contributed by atoms with van der Waals surface area (Å²) >= 11 is 6.19. The van der Waals surface area contributed by atoms with E-state index >= 15 is 0 Å². The van der Waals surface area contributed by atoms with Crippen LogP contribution in [0, 0.1) is 6.92 Å². The largest absolute Gasteiger partial charge is 0.481 e. The highest BCUT2D eigenvalue weighted by Crippen LogP contribution is 2.29. The molecule has 1 aromatic heterocycles. The number of carbonyl (C=O) groups excluding carboxylic acids is 1. The number of fused-ring (bicyclic) bond motifs is 1. The Morgan fingerprint density at radius 3 is 2.78 bits per heavy atom. The highest BCUT2D eigenvalue weighted by Gasteiger charge is 2.27. The fraction of sp³-hybridized carbons (Fsp3) is 0.273. The molecule has 1 saturated heterocycles. The third kappa shape index (κ3) is 4.71. The molecule has 0 unspecified atom stereocenters. The van der Waals surface area contributed by atoms with E-state index in [9.17, 15) is 13.2 Å². The van der Waals surface area contributed by atoms with Gasteiger partial charge in [-0.2, -0.15) is 4.31 Å². The van der Waals surface area contributed by atoms with Gasteiger partial charge in [-0.3, -0.25) is 9.78 Å². The number of ether oxygens (including phenoxy) is 2. The lowest BCUT2D eigenvalue weighted by Crippen LogP contribution is -2.40. The van der Waals surface area contributed by atoms with Crippen molar-refractivity contribution < 1.29 is 22.7 Å². The highest BCUT2D eigenvalue weighted by molar-refractivity contribution is 7.89. The zero-order valence-electron chi connectivity index (χ0n) is 17.4. The molecule has 10 heteroatoms. The number of pyridine rings is 1. The number of hydrogen-bond donors (Lipinski definition) is 1. The number of nitrogens with one attached hydrogen (secondary N) is 1. The van der Waals surface area contributed by atoms with Gasteiger partial charge in [0, 0.05) is 30.4 Å². The van der Waals surface area contributed by atoms with E-state index in [0.29, 0.717) is 48.3 Å². The van der Waals surface area contributed by atoms with Gasteiger partial charge in [-0.25, -0.2) is 8.42 Å². The first-order chi connectivity index (χ1) is 15.4. The lowest BCUT2D eigenvalue weighted by atomic mass is 10.2. The van der Waals surface area contributed by atoms with Crippen molar-refractivity contribution in [1.82, 2.24) is 9.29 Å². The molecule has 0 bridgehead atoms. The molecule has 8 nitrogen and oxygen atoms in total. The van der Waals surface area contributed by atoms with E-state index in [1.807, 2.05) is 6.07 Å². The van der Waals surface area contributed by atoms with Crippen LogP contribution in [0.3, 0.4) is 0 Å². The van der Waals surface area contributed by atoms with Crippen molar-refractivity contribution >= 4 is 44.1 Å². The Bertz CT molecular complexity index is 1260. The van der Waals surface area contributed by atoms with Crippen molar-refractivity contribution in [2.45, 2.75) is 11.8 Å². The van der Waals surface area contributed by atoms with E-state index in [1.54, 1.807) is 37.4 Å². The molecular formula is C22H22ClN3O5S. The summed E-state index contributed by atoms with van der Waals surface area (Å²) in [6.07, 6.45) is 1.62. The van der Waals surface area contributed by atoms with Crippen LogP contribution in [-0.4, -0.2) is 56.5 Å². The Morgan fingerprint density at radius 1 is 1.22 bits per heavy atom. The second kappa shape index (κ2) is 9.41. The van der Waals surface area contributed by atoms with Gasteiger partial charge in [-0.1, -0.05) is 17.7 Å². The normalized spacial score (nSPS) is 14.9. The van der Waals surface area contributed by atoms with Crippen LogP contribution in [0.5, 0.6) is 5.75 Å². The topological polar surface area (TPSA) is 97.8 Å². The molecule has 1 fully saturated rings. The summed E-state index contributed by atoms with van der Waals surface area (Å²) in [5.74, 6) is 0.00793. The Labute approximate surface area is 191 Å². The number of nitrogens with zero attached hydrogens (tertiary/aromatic N) is 2. The Morgan fingerprint density at radius 2 is 2.00 bits per heavy atom. The molecule has 1 aliphatic rings. The predicted octanol–water partition coefficient (Wildman–Crippen LogP) is 3.24. The minimum atomic E-state index is -3.67. The average molecular weight is 476 g/mol. The van der Waals surface area contributed by atoms with Crippen LogP contribution >= 0.6 is 11.6 Å². The quantitative estimate of drug-likeness (QED) is 0.587. The molecule has 168 valence electrons. The molecule has 2 heterocycles. The van der Waals surface area contributed by atoms with Crippen LogP contribution in [-0.2, 0) is 19.6 Å². The number of rotatable bonds is 6. The van der Waals surface area contributed by atoms with E-state index in [2.05, 4.69) is 10.3 Å². The van der Waals surface area contributed by atoms with Gasteiger partial charge < -0.3 is 14.8 Å². The van der Waals surface area contributed by atoms with E-state index < -0.39 is 15.9 Å². The van der Waals surface area contributed by atoms with Crippen molar-refractivity contribution in [3.8, 4) is 5.75 Å². The minimum Gasteiger partial charge on any atom is -0.481 e. The molecule has 1 amide bonds. The van der Waals surface area contributed by atoms with Gasteiger partial charge in [-0.15, -0.1) is 0 Å². The van der Waals surface area contributed by atoms with Crippen LogP contribution in [0.1, 0.15) is 5.56 Å². The van der Waals surface area contributed by atoms with Crippen LogP contribution in [0.2, 0.25) is 5.02 Å². The SMILES string of the molecule is Cc1ccc(S(=O)(=O)N2CCOCC2)cc1NC(=O)COc1ccc(Cl)c2cccnc12. The second-order valence-electron chi connectivity index (χ2n) is 7.28. The van der Waals surface area contributed by atoms with Crippen molar-refractivity contribution in [1.29, 1.82) is 0 Å². The van der Waals surface area contributed by atoms with Gasteiger partial charge in [0.25, 0.3) is 5.91 Å². The smallest absolute Gasteiger partial charge is 0.262 e. The number of aromatic nitrogens is 1. The Balaban J connectivity index is 1.48. The van der Waals surface area contributed by atoms with E-state index in [-0.39, 0.29) is 11.5 Å². The number of carbonyl (C=O) groups is 1. The van der Waals surface area contributed by atoms with Gasteiger partial charge in [-0.05, 0) is 48.9 Å². The molecule has 32 heavy (non-hydrogen) atoms. The Hall–Kier alpha value is -2.72. The number of benzene rings is 2. The highest BCUT2D eigenvalue weighted by atomic mass is 35.5. The molecule has 0 aliphatic carbocycles. The summed E-state index contributed by atoms with van der Waals surface area (Å²) in [5.41, 5.74) is 1.70. The van der Waals surface area contributed by atoms with Crippen LogP contribution < -0.4 is 10.1 Å². The number of sulfonamides is 1. The van der Waals surface area contributed by atoms with E-state index in [1.165, 1.54) is 16.4 Å². The summed E-state index contributed by atoms with van der Waals surface area (Å²) < 4.78 is 38.1. The molecule has 4 rings (SSSR count). The van der Waals surface area contributed by atoms with Gasteiger partial charge in [0.2, 0.25) is 10.0 Å². The summed E-state index contributed by atoms with van der Waals surface area (Å²) in [4.78, 5) is 16.9. The van der Waals surface area contributed by atoms with Crippen LogP contribution in [0.4, 0.5) is 5.69 Å². The lowest BCUT2D eigenvalue weighted by Gasteiger charge is -2.26. The first-order valence-electron chi connectivity index (χ1n) is 10.0. The minimum absolute atomic E-state index is 0.120. The third-order valence-electron chi connectivity index (χ3n) is 5.13. The molecule has 2 aromatic carbocycles. The first-order valence-corrected chi connectivity index (χ1v) is 11.8. The monoisotopic (exact) mass is 475 g/mol. The molecule has 1 N–H and O–H groups in total.